The molecule has 1 atom stereocenters. The van der Waals surface area contributed by atoms with E-state index in [9.17, 15) is 14.4 Å². The minimum Gasteiger partial charge on any atom is -0.325 e. The third kappa shape index (κ3) is 4.78. The highest BCUT2D eigenvalue weighted by Crippen LogP contribution is 2.30. The second kappa shape index (κ2) is 9.06. The van der Waals surface area contributed by atoms with Gasteiger partial charge in [0.15, 0.2) is 0 Å². The fourth-order valence-corrected chi connectivity index (χ4v) is 4.16. The van der Waals surface area contributed by atoms with E-state index in [1.54, 1.807) is 36.4 Å². The van der Waals surface area contributed by atoms with Crippen molar-refractivity contribution in [2.45, 2.75) is 17.1 Å². The lowest BCUT2D eigenvalue weighted by Gasteiger charge is -2.29. The molecule has 1 unspecified atom stereocenters. The molecule has 0 radical (unpaired) electrons. The van der Waals surface area contributed by atoms with Gasteiger partial charge in [0, 0.05) is 16.1 Å². The van der Waals surface area contributed by atoms with Crippen LogP contribution < -0.4 is 15.5 Å². The third-order valence-electron chi connectivity index (χ3n) is 4.84. The van der Waals surface area contributed by atoms with Crippen molar-refractivity contribution in [3.05, 3.63) is 84.4 Å². The molecule has 0 saturated heterocycles. The van der Waals surface area contributed by atoms with Crippen molar-refractivity contribution in [3.63, 3.8) is 0 Å². The normalized spacial score (nSPS) is 13.7. The molecule has 4 rings (SSSR count). The number of nitrogens with one attached hydrogen (secondary N) is 2. The predicted octanol–water partition coefficient (Wildman–Crippen LogP) is 4.40. The van der Waals surface area contributed by atoms with Gasteiger partial charge in [-0.15, -0.1) is 11.8 Å². The number of thioether (sulfide) groups is 1. The Hall–Kier alpha value is -3.58. The first-order chi connectivity index (χ1) is 15.0. The summed E-state index contributed by atoms with van der Waals surface area (Å²) in [4.78, 5) is 40.0. The molecule has 1 heterocycles. The number of hydrogen-bond acceptors (Lipinski definition) is 4. The Morgan fingerprint density at radius 2 is 1.65 bits per heavy atom. The first-order valence-corrected chi connectivity index (χ1v) is 10.7. The zero-order valence-corrected chi connectivity index (χ0v) is 17.7. The molecule has 0 saturated carbocycles. The number of nitrogens with zero attached hydrogens (tertiary/aromatic N) is 1. The first-order valence-electron chi connectivity index (χ1n) is 9.84. The highest BCUT2D eigenvalue weighted by atomic mass is 32.2. The Kier molecular flexibility index (Phi) is 6.04. The van der Waals surface area contributed by atoms with Crippen molar-refractivity contribution in [1.29, 1.82) is 0 Å². The number of fused-ring (bicyclic) bond motifs is 1. The standard InChI is InChI=1S/C24H21N3O3S/c1-16(31-19-7-3-2-4-8-19)23(29)25-18-13-11-17(12-14-18)24(30)27-15-22(28)26-20-9-5-6-10-21(20)27/h2-14,16H,15H2,1H3,(H,25,29)(H,26,28). The van der Waals surface area contributed by atoms with Crippen LogP contribution in [0.2, 0.25) is 0 Å². The van der Waals surface area contributed by atoms with Crippen LogP contribution in [0.4, 0.5) is 17.1 Å². The van der Waals surface area contributed by atoms with Crippen LogP contribution in [0.25, 0.3) is 0 Å². The van der Waals surface area contributed by atoms with Gasteiger partial charge in [-0.05, 0) is 55.5 Å². The molecule has 156 valence electrons. The maximum atomic E-state index is 13.0. The van der Waals surface area contributed by atoms with E-state index in [0.717, 1.165) is 4.90 Å². The fourth-order valence-electron chi connectivity index (χ4n) is 3.27. The van der Waals surface area contributed by atoms with E-state index in [-0.39, 0.29) is 29.5 Å². The number of carbonyl (C=O) groups is 3. The molecule has 2 N–H and O–H groups in total. The van der Waals surface area contributed by atoms with Crippen molar-refractivity contribution in [2.75, 3.05) is 22.1 Å². The van der Waals surface area contributed by atoms with Gasteiger partial charge in [-0.1, -0.05) is 30.3 Å². The van der Waals surface area contributed by atoms with Crippen molar-refractivity contribution >= 4 is 46.5 Å². The molecule has 31 heavy (non-hydrogen) atoms. The van der Waals surface area contributed by atoms with Crippen LogP contribution in [0.3, 0.4) is 0 Å². The molecule has 0 bridgehead atoms. The lowest BCUT2D eigenvalue weighted by atomic mass is 10.1. The van der Waals surface area contributed by atoms with Gasteiger partial charge in [-0.3, -0.25) is 19.3 Å². The quantitative estimate of drug-likeness (QED) is 0.587. The van der Waals surface area contributed by atoms with E-state index in [4.69, 9.17) is 0 Å². The zero-order valence-electron chi connectivity index (χ0n) is 16.9. The molecule has 7 heteroatoms. The van der Waals surface area contributed by atoms with E-state index in [0.29, 0.717) is 22.6 Å². The highest BCUT2D eigenvalue weighted by Gasteiger charge is 2.27. The van der Waals surface area contributed by atoms with Gasteiger partial charge in [-0.25, -0.2) is 0 Å². The van der Waals surface area contributed by atoms with E-state index in [2.05, 4.69) is 10.6 Å². The SMILES string of the molecule is CC(Sc1ccccc1)C(=O)Nc1ccc(C(=O)N2CC(=O)Nc3ccccc32)cc1. The second-order valence-corrected chi connectivity index (χ2v) is 8.51. The van der Waals surface area contributed by atoms with Crippen molar-refractivity contribution in [3.8, 4) is 0 Å². The molecule has 0 spiro atoms. The van der Waals surface area contributed by atoms with Crippen LogP contribution in [-0.2, 0) is 9.59 Å². The minimum absolute atomic E-state index is 0.0391. The number of amides is 3. The lowest BCUT2D eigenvalue weighted by molar-refractivity contribution is -0.116. The first kappa shape index (κ1) is 20.7. The molecule has 1 aliphatic heterocycles. The number of hydrogen-bond donors (Lipinski definition) is 2. The van der Waals surface area contributed by atoms with Crippen molar-refractivity contribution in [1.82, 2.24) is 0 Å². The summed E-state index contributed by atoms with van der Waals surface area (Å²) in [5.41, 5.74) is 2.32. The Morgan fingerprint density at radius 3 is 2.39 bits per heavy atom. The number of carbonyl (C=O) groups excluding carboxylic acids is 3. The largest absolute Gasteiger partial charge is 0.325 e. The molecule has 0 aromatic heterocycles. The molecular weight excluding hydrogens is 410 g/mol. The van der Waals surface area contributed by atoms with Gasteiger partial charge < -0.3 is 10.6 Å². The molecule has 3 aromatic rings. The Morgan fingerprint density at radius 1 is 0.968 bits per heavy atom. The molecular formula is C24H21N3O3S. The molecule has 0 aliphatic carbocycles. The van der Waals surface area contributed by atoms with Gasteiger partial charge >= 0.3 is 0 Å². The number of anilines is 3. The van der Waals surface area contributed by atoms with E-state index in [1.807, 2.05) is 49.4 Å². The Labute approximate surface area is 184 Å². The summed E-state index contributed by atoms with van der Waals surface area (Å²) >= 11 is 1.48. The summed E-state index contributed by atoms with van der Waals surface area (Å²) < 4.78 is 0. The van der Waals surface area contributed by atoms with Crippen LogP contribution in [0.5, 0.6) is 0 Å². The lowest BCUT2D eigenvalue weighted by Crippen LogP contribution is -2.42. The van der Waals surface area contributed by atoms with Crippen molar-refractivity contribution in [2.24, 2.45) is 0 Å². The van der Waals surface area contributed by atoms with Gasteiger partial charge in [0.1, 0.15) is 6.54 Å². The summed E-state index contributed by atoms with van der Waals surface area (Å²) in [5, 5.41) is 5.38. The average Bonchev–Trinajstić information content (AvgIpc) is 2.79. The number of para-hydroxylation sites is 2. The van der Waals surface area contributed by atoms with E-state index >= 15 is 0 Å². The van der Waals surface area contributed by atoms with Crippen LogP contribution in [0, 0.1) is 0 Å². The third-order valence-corrected chi connectivity index (χ3v) is 5.95. The highest BCUT2D eigenvalue weighted by molar-refractivity contribution is 8.00. The molecule has 3 amide bonds. The molecule has 1 aliphatic rings. The van der Waals surface area contributed by atoms with Crippen LogP contribution >= 0.6 is 11.8 Å². The summed E-state index contributed by atoms with van der Waals surface area (Å²) in [6.45, 7) is 1.81. The van der Waals surface area contributed by atoms with E-state index in [1.165, 1.54) is 16.7 Å². The Bertz CT molecular complexity index is 1120. The average molecular weight is 432 g/mol. The van der Waals surface area contributed by atoms with Crippen LogP contribution in [0.1, 0.15) is 17.3 Å². The molecule has 3 aromatic carbocycles. The monoisotopic (exact) mass is 431 g/mol. The maximum Gasteiger partial charge on any atom is 0.258 e. The number of benzene rings is 3. The smallest absolute Gasteiger partial charge is 0.258 e. The maximum absolute atomic E-state index is 13.0. The minimum atomic E-state index is -0.271. The van der Waals surface area contributed by atoms with Crippen LogP contribution in [-0.4, -0.2) is 29.5 Å². The molecule has 6 nitrogen and oxygen atoms in total. The van der Waals surface area contributed by atoms with Gasteiger partial charge in [-0.2, -0.15) is 0 Å². The van der Waals surface area contributed by atoms with E-state index < -0.39 is 0 Å². The van der Waals surface area contributed by atoms with Crippen LogP contribution in [0.15, 0.2) is 83.8 Å². The zero-order chi connectivity index (χ0) is 21.8. The molecule has 0 fully saturated rings. The Balaban J connectivity index is 1.43. The second-order valence-electron chi connectivity index (χ2n) is 7.10. The topological polar surface area (TPSA) is 78.5 Å². The fraction of sp³-hybridized carbons (Fsp3) is 0.125. The van der Waals surface area contributed by atoms with Gasteiger partial charge in [0.2, 0.25) is 11.8 Å². The van der Waals surface area contributed by atoms with Gasteiger partial charge in [0.05, 0.1) is 16.6 Å². The van der Waals surface area contributed by atoms with Gasteiger partial charge in [0.25, 0.3) is 5.91 Å². The summed E-state index contributed by atoms with van der Waals surface area (Å²) in [6.07, 6.45) is 0. The van der Waals surface area contributed by atoms with Crippen molar-refractivity contribution < 1.29 is 14.4 Å². The summed E-state index contributed by atoms with van der Waals surface area (Å²) in [5.74, 6) is -0.622. The number of rotatable bonds is 5. The predicted molar refractivity (Wildman–Crippen MR) is 124 cm³/mol. The summed E-state index contributed by atoms with van der Waals surface area (Å²) in [7, 11) is 0. The summed E-state index contributed by atoms with van der Waals surface area (Å²) in [6, 6.07) is 23.6.